The lowest BCUT2D eigenvalue weighted by Gasteiger charge is -2.44. The number of carbonyl (C=O) groups excluding carboxylic acids is 2. The Balaban J connectivity index is 1.79. The standard InChI is InChI=1S/C21H25NO6/c1-20(2,3)28-19(26)22-10-4-9-21(13-22)12-16(23)15-11-14(6-8-18(24)25)5-7-17(15)27-21/h5-8,11H,4,9-10,12-13H2,1-3H3,(H,24,25). The van der Waals surface area contributed by atoms with Gasteiger partial charge in [-0.05, 0) is 57.4 Å². The fourth-order valence-electron chi connectivity index (χ4n) is 3.59. The topological polar surface area (TPSA) is 93.1 Å². The van der Waals surface area contributed by atoms with E-state index in [9.17, 15) is 14.4 Å². The molecule has 1 amide bonds. The number of carbonyl (C=O) groups is 3. The largest absolute Gasteiger partial charge is 0.484 e. The van der Waals surface area contributed by atoms with Crippen LogP contribution in [0.25, 0.3) is 6.08 Å². The van der Waals surface area contributed by atoms with Crippen molar-refractivity contribution in [1.29, 1.82) is 0 Å². The number of ketones is 1. The molecule has 1 N–H and O–H groups in total. The van der Waals surface area contributed by atoms with Crippen LogP contribution in [0.2, 0.25) is 0 Å². The fourth-order valence-corrected chi connectivity index (χ4v) is 3.59. The third-order valence-electron chi connectivity index (χ3n) is 4.72. The molecule has 0 bridgehead atoms. The van der Waals surface area contributed by atoms with E-state index in [0.717, 1.165) is 12.5 Å². The van der Waals surface area contributed by atoms with Crippen molar-refractivity contribution in [2.45, 2.75) is 51.2 Å². The van der Waals surface area contributed by atoms with Crippen molar-refractivity contribution in [2.75, 3.05) is 13.1 Å². The molecule has 2 aliphatic rings. The van der Waals surface area contributed by atoms with E-state index in [1.807, 2.05) is 20.8 Å². The minimum absolute atomic E-state index is 0.0714. The third-order valence-corrected chi connectivity index (χ3v) is 4.72. The molecule has 0 radical (unpaired) electrons. The highest BCUT2D eigenvalue weighted by Gasteiger charge is 2.45. The molecular formula is C21H25NO6. The average Bonchev–Trinajstić information content (AvgIpc) is 2.58. The summed E-state index contributed by atoms with van der Waals surface area (Å²) in [5.74, 6) is -0.656. The number of Topliss-reactive ketones (excluding diaryl/α,β-unsaturated/α-hetero) is 1. The number of carboxylic acids is 1. The first kappa shape index (κ1) is 19.9. The fraction of sp³-hybridized carbons (Fsp3) is 0.476. The SMILES string of the molecule is CC(C)(C)OC(=O)N1CCCC2(CC(=O)c3cc(C=CC(=O)O)ccc3O2)C1. The van der Waals surface area contributed by atoms with Crippen LogP contribution in [0.4, 0.5) is 4.79 Å². The summed E-state index contributed by atoms with van der Waals surface area (Å²) < 4.78 is 11.7. The summed E-state index contributed by atoms with van der Waals surface area (Å²) in [5, 5.41) is 8.75. The lowest BCUT2D eigenvalue weighted by molar-refractivity contribution is -0.131. The molecule has 1 aromatic rings. The van der Waals surface area contributed by atoms with Gasteiger partial charge < -0.3 is 19.5 Å². The molecule has 2 heterocycles. The summed E-state index contributed by atoms with van der Waals surface area (Å²) in [6.07, 6.45) is 3.63. The maximum Gasteiger partial charge on any atom is 0.410 e. The second-order valence-corrected chi connectivity index (χ2v) is 8.32. The highest BCUT2D eigenvalue weighted by molar-refractivity contribution is 6.01. The molecule has 1 spiro atoms. The Morgan fingerprint density at radius 1 is 1.32 bits per heavy atom. The molecule has 1 fully saturated rings. The summed E-state index contributed by atoms with van der Waals surface area (Å²) in [5.41, 5.74) is -0.282. The molecule has 1 atom stereocenters. The molecule has 7 heteroatoms. The number of ether oxygens (including phenoxy) is 2. The highest BCUT2D eigenvalue weighted by atomic mass is 16.6. The maximum absolute atomic E-state index is 12.8. The number of likely N-dealkylation sites (tertiary alicyclic amines) is 1. The van der Waals surface area contributed by atoms with Gasteiger partial charge in [0.2, 0.25) is 0 Å². The van der Waals surface area contributed by atoms with Gasteiger partial charge in [0.05, 0.1) is 18.5 Å². The zero-order valence-electron chi connectivity index (χ0n) is 16.4. The normalized spacial score (nSPS) is 22.1. The summed E-state index contributed by atoms with van der Waals surface area (Å²) in [6.45, 7) is 6.32. The summed E-state index contributed by atoms with van der Waals surface area (Å²) in [4.78, 5) is 37.5. The molecule has 28 heavy (non-hydrogen) atoms. The van der Waals surface area contributed by atoms with Crippen LogP contribution in [0.3, 0.4) is 0 Å². The molecule has 3 rings (SSSR count). The van der Waals surface area contributed by atoms with E-state index in [-0.39, 0.29) is 12.2 Å². The number of carboxylic acid groups (broad SMARTS) is 1. The van der Waals surface area contributed by atoms with Gasteiger partial charge in [-0.1, -0.05) is 6.07 Å². The first-order valence-electron chi connectivity index (χ1n) is 9.32. The van der Waals surface area contributed by atoms with E-state index in [1.165, 1.54) is 6.08 Å². The molecule has 0 saturated carbocycles. The van der Waals surface area contributed by atoms with E-state index >= 15 is 0 Å². The Hall–Kier alpha value is -2.83. The number of hydrogen-bond acceptors (Lipinski definition) is 5. The molecule has 0 aliphatic carbocycles. The molecule has 2 aliphatic heterocycles. The third kappa shape index (κ3) is 4.52. The van der Waals surface area contributed by atoms with Gasteiger partial charge >= 0.3 is 12.1 Å². The van der Waals surface area contributed by atoms with E-state index in [1.54, 1.807) is 23.1 Å². The van der Waals surface area contributed by atoms with Gasteiger partial charge in [0, 0.05) is 12.6 Å². The first-order valence-corrected chi connectivity index (χ1v) is 9.32. The number of piperidine rings is 1. The van der Waals surface area contributed by atoms with Crippen LogP contribution in [0.5, 0.6) is 5.75 Å². The van der Waals surface area contributed by atoms with Crippen LogP contribution < -0.4 is 4.74 Å². The van der Waals surface area contributed by atoms with Crippen LogP contribution in [0.15, 0.2) is 24.3 Å². The smallest absolute Gasteiger partial charge is 0.410 e. The first-order chi connectivity index (χ1) is 13.1. The quantitative estimate of drug-likeness (QED) is 0.781. The predicted molar refractivity (Wildman–Crippen MR) is 102 cm³/mol. The van der Waals surface area contributed by atoms with Gasteiger partial charge in [-0.25, -0.2) is 9.59 Å². The van der Waals surface area contributed by atoms with Crippen molar-refractivity contribution < 1.29 is 29.0 Å². The minimum Gasteiger partial charge on any atom is -0.484 e. The number of hydrogen-bond donors (Lipinski definition) is 1. The van der Waals surface area contributed by atoms with Gasteiger partial charge in [0.1, 0.15) is 17.0 Å². The second-order valence-electron chi connectivity index (χ2n) is 8.32. The van der Waals surface area contributed by atoms with E-state index in [0.29, 0.717) is 36.4 Å². The van der Waals surface area contributed by atoms with E-state index in [4.69, 9.17) is 14.6 Å². The van der Waals surface area contributed by atoms with Crippen LogP contribution in [0.1, 0.15) is 56.0 Å². The van der Waals surface area contributed by atoms with Gasteiger partial charge in [0.15, 0.2) is 5.78 Å². The average molecular weight is 387 g/mol. The van der Waals surface area contributed by atoms with E-state index in [2.05, 4.69) is 0 Å². The second kappa shape index (κ2) is 7.30. The summed E-state index contributed by atoms with van der Waals surface area (Å²) in [7, 11) is 0. The molecule has 1 aromatic carbocycles. The Morgan fingerprint density at radius 3 is 2.75 bits per heavy atom. The number of amides is 1. The van der Waals surface area contributed by atoms with Gasteiger partial charge in [0.25, 0.3) is 0 Å². The molecule has 7 nitrogen and oxygen atoms in total. The summed E-state index contributed by atoms with van der Waals surface area (Å²) in [6, 6.07) is 5.03. The number of nitrogens with zero attached hydrogens (tertiary/aromatic N) is 1. The molecular weight excluding hydrogens is 362 g/mol. The van der Waals surface area contributed by atoms with Gasteiger partial charge in [-0.2, -0.15) is 0 Å². The maximum atomic E-state index is 12.8. The Morgan fingerprint density at radius 2 is 2.07 bits per heavy atom. The number of aliphatic carboxylic acids is 1. The molecule has 1 saturated heterocycles. The van der Waals surface area contributed by atoms with Crippen LogP contribution in [-0.2, 0) is 9.53 Å². The number of benzene rings is 1. The summed E-state index contributed by atoms with van der Waals surface area (Å²) >= 11 is 0. The molecule has 150 valence electrons. The molecule has 0 aromatic heterocycles. The van der Waals surface area contributed by atoms with Crippen molar-refractivity contribution in [3.63, 3.8) is 0 Å². The van der Waals surface area contributed by atoms with E-state index < -0.39 is 23.3 Å². The van der Waals surface area contributed by atoms with Gasteiger partial charge in [-0.3, -0.25) is 4.79 Å². The van der Waals surface area contributed by atoms with Crippen LogP contribution in [0, 0.1) is 0 Å². The van der Waals surface area contributed by atoms with Crippen LogP contribution in [-0.4, -0.2) is 52.1 Å². The Labute approximate surface area is 163 Å². The van der Waals surface area contributed by atoms with Gasteiger partial charge in [-0.15, -0.1) is 0 Å². The monoisotopic (exact) mass is 387 g/mol. The number of rotatable bonds is 2. The lowest BCUT2D eigenvalue weighted by Crippen LogP contribution is -2.56. The van der Waals surface area contributed by atoms with Crippen molar-refractivity contribution in [3.05, 3.63) is 35.4 Å². The lowest BCUT2D eigenvalue weighted by atomic mass is 9.83. The van der Waals surface area contributed by atoms with Crippen LogP contribution >= 0.6 is 0 Å². The molecule has 1 unspecified atom stereocenters. The predicted octanol–water partition coefficient (Wildman–Crippen LogP) is 3.52. The van der Waals surface area contributed by atoms with Crippen molar-refractivity contribution in [3.8, 4) is 5.75 Å². The zero-order chi connectivity index (χ0) is 20.5. The van der Waals surface area contributed by atoms with Crippen molar-refractivity contribution in [1.82, 2.24) is 4.90 Å². The Bertz CT molecular complexity index is 838. The minimum atomic E-state index is -1.05. The Kier molecular flexibility index (Phi) is 5.19. The highest BCUT2D eigenvalue weighted by Crippen LogP contribution is 2.39. The number of fused-ring (bicyclic) bond motifs is 1. The van der Waals surface area contributed by atoms with Crippen molar-refractivity contribution in [2.24, 2.45) is 0 Å². The zero-order valence-corrected chi connectivity index (χ0v) is 16.4. The van der Waals surface area contributed by atoms with Crippen molar-refractivity contribution >= 4 is 23.9 Å².